The van der Waals surface area contributed by atoms with Gasteiger partial charge in [-0.05, 0) is 43.3 Å². The minimum absolute atomic E-state index is 0.0845. The molecule has 5 rings (SSSR count). The van der Waals surface area contributed by atoms with Crippen molar-refractivity contribution < 1.29 is 18.0 Å². The Morgan fingerprint density at radius 2 is 1.94 bits per heavy atom. The first-order valence-electron chi connectivity index (χ1n) is 10.6. The van der Waals surface area contributed by atoms with Crippen LogP contribution in [0.25, 0.3) is 22.3 Å². The Balaban J connectivity index is 1.42. The lowest BCUT2D eigenvalue weighted by Crippen LogP contribution is -2.15. The number of benzene rings is 2. The lowest BCUT2D eigenvalue weighted by molar-refractivity contribution is -0.137. The Morgan fingerprint density at radius 3 is 2.65 bits per heavy atom. The average molecular weight is 467 g/mol. The van der Waals surface area contributed by atoms with Crippen LogP contribution in [0, 0.1) is 0 Å². The molecule has 4 aromatic rings. The predicted octanol–water partition coefficient (Wildman–Crippen LogP) is 3.88. The van der Waals surface area contributed by atoms with Gasteiger partial charge in [0.25, 0.3) is 5.91 Å². The van der Waals surface area contributed by atoms with Gasteiger partial charge in [0.15, 0.2) is 5.65 Å². The molecule has 174 valence electrons. The number of carbonyl (C=O) groups is 1. The van der Waals surface area contributed by atoms with E-state index in [1.165, 1.54) is 18.5 Å². The van der Waals surface area contributed by atoms with E-state index in [1.54, 1.807) is 24.3 Å². The maximum Gasteiger partial charge on any atom is 0.416 e. The molecule has 1 amide bonds. The molecule has 2 aromatic carbocycles. The number of hydrogen-bond donors (Lipinski definition) is 3. The van der Waals surface area contributed by atoms with E-state index in [2.05, 4.69) is 20.6 Å². The molecular formula is C23H20F3N7O. The Kier molecular flexibility index (Phi) is 5.40. The van der Waals surface area contributed by atoms with Crippen LogP contribution in [-0.4, -0.2) is 38.7 Å². The van der Waals surface area contributed by atoms with Crippen molar-refractivity contribution in [3.8, 4) is 11.3 Å². The highest BCUT2D eigenvalue weighted by Crippen LogP contribution is 2.33. The number of alkyl halides is 3. The molecule has 0 unspecified atom stereocenters. The van der Waals surface area contributed by atoms with Gasteiger partial charge in [-0.15, -0.1) is 0 Å². The number of nitrogens with zero attached hydrogens (tertiary/aromatic N) is 4. The molecule has 11 heteroatoms. The van der Waals surface area contributed by atoms with Crippen molar-refractivity contribution in [3.05, 3.63) is 66.0 Å². The molecule has 0 bridgehead atoms. The van der Waals surface area contributed by atoms with E-state index >= 15 is 0 Å². The van der Waals surface area contributed by atoms with Gasteiger partial charge < -0.3 is 16.4 Å². The zero-order valence-corrected chi connectivity index (χ0v) is 17.8. The smallest absolute Gasteiger partial charge is 0.383 e. The number of hydrogen-bond acceptors (Lipinski definition) is 6. The molecule has 1 atom stereocenters. The number of amides is 1. The number of carbonyl (C=O) groups excluding carboxylic acids is 1. The minimum atomic E-state index is -4.52. The van der Waals surface area contributed by atoms with E-state index in [-0.39, 0.29) is 11.6 Å². The van der Waals surface area contributed by atoms with Crippen LogP contribution >= 0.6 is 0 Å². The first kappa shape index (κ1) is 21.8. The van der Waals surface area contributed by atoms with Gasteiger partial charge in [-0.2, -0.15) is 18.3 Å². The maximum absolute atomic E-state index is 12.9. The van der Waals surface area contributed by atoms with Gasteiger partial charge in [0.1, 0.15) is 17.8 Å². The predicted molar refractivity (Wildman–Crippen MR) is 121 cm³/mol. The van der Waals surface area contributed by atoms with Crippen LogP contribution in [0.5, 0.6) is 0 Å². The average Bonchev–Trinajstić information content (AvgIpc) is 3.48. The van der Waals surface area contributed by atoms with Gasteiger partial charge in [-0.25, -0.2) is 14.6 Å². The van der Waals surface area contributed by atoms with Crippen LogP contribution in [0.3, 0.4) is 0 Å². The van der Waals surface area contributed by atoms with Crippen molar-refractivity contribution in [3.63, 3.8) is 0 Å². The van der Waals surface area contributed by atoms with Crippen molar-refractivity contribution in [2.24, 2.45) is 0 Å². The summed E-state index contributed by atoms with van der Waals surface area (Å²) in [7, 11) is 0. The zero-order valence-electron chi connectivity index (χ0n) is 17.8. The molecule has 34 heavy (non-hydrogen) atoms. The van der Waals surface area contributed by atoms with E-state index in [0.29, 0.717) is 28.2 Å². The number of rotatable bonds is 4. The van der Waals surface area contributed by atoms with Crippen molar-refractivity contribution >= 4 is 28.4 Å². The molecule has 2 aromatic heterocycles. The summed E-state index contributed by atoms with van der Waals surface area (Å²) in [6.45, 7) is 1.67. The summed E-state index contributed by atoms with van der Waals surface area (Å²) in [4.78, 5) is 21.0. The summed E-state index contributed by atoms with van der Waals surface area (Å²) in [5, 5.41) is 11.4. The molecule has 0 radical (unpaired) electrons. The van der Waals surface area contributed by atoms with Crippen LogP contribution in [0.1, 0.15) is 28.4 Å². The van der Waals surface area contributed by atoms with Gasteiger partial charge in [0.05, 0.1) is 17.0 Å². The third-order valence-electron chi connectivity index (χ3n) is 5.77. The molecule has 0 saturated carbocycles. The SMILES string of the molecule is Nc1ncnc2c1c(-c1ccc(NC(=O)c3cccc(C(F)(F)F)c3)cc1)nn2[C@H]1CCNC1. The van der Waals surface area contributed by atoms with Crippen LogP contribution in [-0.2, 0) is 6.18 Å². The van der Waals surface area contributed by atoms with Gasteiger partial charge in [0, 0.05) is 23.4 Å². The van der Waals surface area contributed by atoms with Crippen LogP contribution < -0.4 is 16.4 Å². The van der Waals surface area contributed by atoms with Gasteiger partial charge >= 0.3 is 6.18 Å². The minimum Gasteiger partial charge on any atom is -0.383 e. The Morgan fingerprint density at radius 1 is 1.15 bits per heavy atom. The van der Waals surface area contributed by atoms with Crippen molar-refractivity contribution in [2.45, 2.75) is 18.6 Å². The van der Waals surface area contributed by atoms with E-state index < -0.39 is 17.6 Å². The van der Waals surface area contributed by atoms with Gasteiger partial charge in [0.2, 0.25) is 0 Å². The van der Waals surface area contributed by atoms with Crippen LogP contribution in [0.2, 0.25) is 0 Å². The molecule has 1 aliphatic heterocycles. The number of nitrogens with one attached hydrogen (secondary N) is 2. The van der Waals surface area contributed by atoms with E-state index in [9.17, 15) is 18.0 Å². The van der Waals surface area contributed by atoms with Crippen LogP contribution in [0.15, 0.2) is 54.9 Å². The number of nitrogens with two attached hydrogens (primary N) is 1. The largest absolute Gasteiger partial charge is 0.416 e. The first-order chi connectivity index (χ1) is 16.3. The van der Waals surface area contributed by atoms with E-state index in [0.717, 1.165) is 37.2 Å². The maximum atomic E-state index is 12.9. The number of aromatic nitrogens is 4. The summed E-state index contributed by atoms with van der Waals surface area (Å²) in [6, 6.07) is 11.3. The normalized spacial score (nSPS) is 16.1. The Bertz CT molecular complexity index is 1360. The third kappa shape index (κ3) is 4.05. The molecule has 8 nitrogen and oxygen atoms in total. The monoisotopic (exact) mass is 467 g/mol. The molecule has 0 spiro atoms. The Hall–Kier alpha value is -3.99. The number of fused-ring (bicyclic) bond motifs is 1. The molecule has 3 heterocycles. The van der Waals surface area contributed by atoms with Crippen molar-refractivity contribution in [1.29, 1.82) is 0 Å². The van der Waals surface area contributed by atoms with Crippen LogP contribution in [0.4, 0.5) is 24.7 Å². The zero-order chi connectivity index (χ0) is 23.9. The van der Waals surface area contributed by atoms with Crippen molar-refractivity contribution in [1.82, 2.24) is 25.1 Å². The molecule has 1 saturated heterocycles. The van der Waals surface area contributed by atoms with Crippen molar-refractivity contribution in [2.75, 3.05) is 24.1 Å². The van der Waals surface area contributed by atoms with Gasteiger partial charge in [-0.1, -0.05) is 18.2 Å². The summed E-state index contributed by atoms with van der Waals surface area (Å²) in [6.07, 6.45) is -2.20. The number of anilines is 2. The highest BCUT2D eigenvalue weighted by Gasteiger charge is 2.31. The second kappa shape index (κ2) is 8.41. The second-order valence-electron chi connectivity index (χ2n) is 8.01. The topological polar surface area (TPSA) is 111 Å². The summed E-state index contributed by atoms with van der Waals surface area (Å²) < 4.78 is 40.7. The fraction of sp³-hybridized carbons (Fsp3) is 0.217. The van der Waals surface area contributed by atoms with E-state index in [4.69, 9.17) is 10.8 Å². The number of halogens is 3. The number of nitrogen functional groups attached to an aromatic ring is 1. The summed E-state index contributed by atoms with van der Waals surface area (Å²) >= 11 is 0. The van der Waals surface area contributed by atoms with Gasteiger partial charge in [-0.3, -0.25) is 4.79 Å². The fourth-order valence-corrected chi connectivity index (χ4v) is 4.05. The highest BCUT2D eigenvalue weighted by molar-refractivity contribution is 6.04. The third-order valence-corrected chi connectivity index (χ3v) is 5.77. The second-order valence-corrected chi connectivity index (χ2v) is 8.01. The lowest BCUT2D eigenvalue weighted by atomic mass is 10.1. The summed E-state index contributed by atoms with van der Waals surface area (Å²) in [5.74, 6) is -0.320. The quantitative estimate of drug-likeness (QED) is 0.420. The molecule has 1 fully saturated rings. The van der Waals surface area contributed by atoms with E-state index in [1.807, 2.05) is 4.68 Å². The lowest BCUT2D eigenvalue weighted by Gasteiger charge is -2.10. The molecule has 0 aliphatic carbocycles. The fourth-order valence-electron chi connectivity index (χ4n) is 4.05. The first-order valence-corrected chi connectivity index (χ1v) is 10.6. The Labute approximate surface area is 192 Å². The standard InChI is InChI=1S/C23H20F3N7O/c24-23(25,26)15-3-1-2-14(10-15)22(34)31-16-6-4-13(5-7-16)19-18-20(27)29-12-30-21(18)33(32-19)17-8-9-28-11-17/h1-7,10,12,17,28H,8-9,11H2,(H,31,34)(H2,27,29,30)/t17-/m0/s1. The highest BCUT2D eigenvalue weighted by atomic mass is 19.4. The molecule has 1 aliphatic rings. The summed E-state index contributed by atoms with van der Waals surface area (Å²) in [5.41, 5.74) is 7.63. The molecular weight excluding hydrogens is 447 g/mol. The molecule has 4 N–H and O–H groups in total.